The average Bonchev–Trinajstić information content (AvgIpc) is 3.54. The molecule has 4 aromatic heterocycles. The molecule has 0 fully saturated rings. The molecular formula is C29H34FN11O. The number of nitrogen functional groups attached to an aromatic ring is 1. The molecule has 7 N–H and O–H groups in total. The second-order valence-electron chi connectivity index (χ2n) is 9.40. The van der Waals surface area contributed by atoms with E-state index in [4.69, 9.17) is 11.5 Å². The molecule has 0 saturated heterocycles. The van der Waals surface area contributed by atoms with Crippen molar-refractivity contribution in [2.45, 2.75) is 12.5 Å². The van der Waals surface area contributed by atoms with E-state index in [9.17, 15) is 9.18 Å². The van der Waals surface area contributed by atoms with E-state index in [1.807, 2.05) is 44.4 Å². The summed E-state index contributed by atoms with van der Waals surface area (Å²) in [6.07, 6.45) is 3.74. The molecule has 0 radical (unpaired) electrons. The van der Waals surface area contributed by atoms with Crippen LogP contribution in [0.5, 0.6) is 0 Å². The van der Waals surface area contributed by atoms with Crippen LogP contribution >= 0.6 is 0 Å². The molecule has 1 amide bonds. The number of carbonyl (C=O) groups is 1. The Labute approximate surface area is 243 Å². The van der Waals surface area contributed by atoms with E-state index in [0.717, 1.165) is 34.0 Å². The van der Waals surface area contributed by atoms with Crippen molar-refractivity contribution in [3.8, 4) is 22.5 Å². The molecule has 0 saturated carbocycles. The molecule has 5 aromatic rings. The molecule has 218 valence electrons. The Morgan fingerprint density at radius 3 is 1.93 bits per heavy atom. The summed E-state index contributed by atoms with van der Waals surface area (Å²) in [6, 6.07) is 16.3. The van der Waals surface area contributed by atoms with Crippen LogP contribution in [0.15, 0.2) is 73.1 Å². The molecule has 0 spiro atoms. The van der Waals surface area contributed by atoms with Gasteiger partial charge in [-0.3, -0.25) is 14.2 Å². The minimum Gasteiger partial charge on any atom is -0.384 e. The lowest BCUT2D eigenvalue weighted by molar-refractivity contribution is -0.117. The second-order valence-corrected chi connectivity index (χ2v) is 9.40. The first-order valence-corrected chi connectivity index (χ1v) is 13.1. The fraction of sp³-hybridized carbons (Fsp3) is 0.207. The van der Waals surface area contributed by atoms with Crippen LogP contribution in [0.4, 0.5) is 27.7 Å². The third-order valence-electron chi connectivity index (χ3n) is 6.38. The lowest BCUT2D eigenvalue weighted by Crippen LogP contribution is -2.37. The number of pyridine rings is 2. The second kappa shape index (κ2) is 13.4. The van der Waals surface area contributed by atoms with Crippen LogP contribution in [0.25, 0.3) is 22.5 Å². The standard InChI is InChI=1S/C19H21FN6O.C10H13N5/c1-22-17-10-13(7-8-23-17)16-11-18(26(2)25-16)24-19(27)15(21)9-12-3-5-14(20)6-4-12;1-12-10-5-7(3-4-13-10)8-6-9(11)15(2)14-8/h3-8,10-11,15H,9,21H2,1-2H3,(H,22,23)(H,24,27);3-6H,11H2,1-2H3,(H,12,13)/t15-;/m0./s1. The number of nitrogens with zero attached hydrogens (tertiary/aromatic N) is 6. The van der Waals surface area contributed by atoms with Gasteiger partial charge in [0.25, 0.3) is 0 Å². The molecule has 0 bridgehead atoms. The molecule has 1 aromatic carbocycles. The van der Waals surface area contributed by atoms with Crippen molar-refractivity contribution in [2.75, 3.05) is 35.8 Å². The van der Waals surface area contributed by atoms with E-state index in [2.05, 4.69) is 36.1 Å². The van der Waals surface area contributed by atoms with Gasteiger partial charge in [0.1, 0.15) is 29.1 Å². The van der Waals surface area contributed by atoms with Crippen LogP contribution in [0.1, 0.15) is 5.56 Å². The summed E-state index contributed by atoms with van der Waals surface area (Å²) in [7, 11) is 7.18. The van der Waals surface area contributed by atoms with Crippen molar-refractivity contribution in [3.05, 3.63) is 84.4 Å². The maximum atomic E-state index is 13.0. The number of nitrogens with one attached hydrogen (secondary N) is 3. The van der Waals surface area contributed by atoms with Crippen LogP contribution in [-0.2, 0) is 25.3 Å². The first-order valence-electron chi connectivity index (χ1n) is 13.1. The molecule has 0 aliphatic carbocycles. The Balaban J connectivity index is 0.000000227. The Morgan fingerprint density at radius 1 is 0.857 bits per heavy atom. The van der Waals surface area contributed by atoms with Crippen LogP contribution < -0.4 is 27.4 Å². The number of aryl methyl sites for hydroxylation is 2. The fourth-order valence-corrected chi connectivity index (χ4v) is 3.99. The molecule has 0 aliphatic rings. The zero-order chi connectivity index (χ0) is 30.2. The molecule has 42 heavy (non-hydrogen) atoms. The van der Waals surface area contributed by atoms with Gasteiger partial charge in [-0.15, -0.1) is 0 Å². The SMILES string of the molecule is CNc1cc(-c2cc(N)n(C)n2)ccn1.CNc1cc(-c2cc(NC(=O)[C@@H](N)Cc3ccc(F)cc3)n(C)n2)ccn1. The normalized spacial score (nSPS) is 11.3. The maximum absolute atomic E-state index is 13.0. The smallest absolute Gasteiger partial charge is 0.242 e. The molecule has 1 atom stereocenters. The lowest BCUT2D eigenvalue weighted by atomic mass is 10.1. The van der Waals surface area contributed by atoms with Crippen LogP contribution in [-0.4, -0.2) is 55.6 Å². The Kier molecular flexibility index (Phi) is 9.45. The Bertz CT molecular complexity index is 1630. The minimum absolute atomic E-state index is 0.312. The monoisotopic (exact) mass is 571 g/mol. The van der Waals surface area contributed by atoms with Gasteiger partial charge in [-0.25, -0.2) is 14.4 Å². The van der Waals surface area contributed by atoms with E-state index in [1.54, 1.807) is 54.1 Å². The highest BCUT2D eigenvalue weighted by Gasteiger charge is 2.17. The highest BCUT2D eigenvalue weighted by Crippen LogP contribution is 2.23. The molecule has 0 aliphatic heterocycles. The van der Waals surface area contributed by atoms with Gasteiger partial charge in [0.2, 0.25) is 5.91 Å². The van der Waals surface area contributed by atoms with Crippen molar-refractivity contribution in [1.82, 2.24) is 29.5 Å². The van der Waals surface area contributed by atoms with Crippen molar-refractivity contribution in [2.24, 2.45) is 19.8 Å². The predicted molar refractivity (Wildman–Crippen MR) is 163 cm³/mol. The van der Waals surface area contributed by atoms with Gasteiger partial charge in [-0.1, -0.05) is 12.1 Å². The summed E-state index contributed by atoms with van der Waals surface area (Å²) in [5.41, 5.74) is 15.9. The highest BCUT2D eigenvalue weighted by molar-refractivity contribution is 5.94. The van der Waals surface area contributed by atoms with Crippen molar-refractivity contribution in [3.63, 3.8) is 0 Å². The number of anilines is 4. The molecule has 0 unspecified atom stereocenters. The quantitative estimate of drug-likeness (QED) is 0.188. The predicted octanol–water partition coefficient (Wildman–Crippen LogP) is 3.28. The zero-order valence-electron chi connectivity index (χ0n) is 23.8. The number of nitrogens with two attached hydrogens (primary N) is 2. The topological polar surface area (TPSA) is 167 Å². The number of amides is 1. The number of hydrogen-bond donors (Lipinski definition) is 5. The Hall–Kier alpha value is -5.30. The van der Waals surface area contributed by atoms with Crippen LogP contribution in [0.3, 0.4) is 0 Å². The van der Waals surface area contributed by atoms with E-state index in [1.165, 1.54) is 12.1 Å². The number of halogens is 1. The number of rotatable bonds is 8. The maximum Gasteiger partial charge on any atom is 0.242 e. The third-order valence-corrected chi connectivity index (χ3v) is 6.38. The lowest BCUT2D eigenvalue weighted by Gasteiger charge is -2.12. The highest BCUT2D eigenvalue weighted by atomic mass is 19.1. The van der Waals surface area contributed by atoms with Crippen molar-refractivity contribution >= 4 is 29.2 Å². The van der Waals surface area contributed by atoms with Gasteiger partial charge in [-0.05, 0) is 48.4 Å². The molecule has 12 nitrogen and oxygen atoms in total. The van der Waals surface area contributed by atoms with E-state index in [0.29, 0.717) is 23.8 Å². The number of carbonyl (C=O) groups excluding carboxylic acids is 1. The Morgan fingerprint density at radius 2 is 1.40 bits per heavy atom. The van der Waals surface area contributed by atoms with Crippen LogP contribution in [0.2, 0.25) is 0 Å². The largest absolute Gasteiger partial charge is 0.384 e. The third kappa shape index (κ3) is 7.46. The summed E-state index contributed by atoms with van der Waals surface area (Å²) in [5, 5.41) is 17.5. The summed E-state index contributed by atoms with van der Waals surface area (Å²) in [4.78, 5) is 20.7. The van der Waals surface area contributed by atoms with Gasteiger partial charge in [0, 0.05) is 63.8 Å². The molecule has 13 heteroatoms. The first kappa shape index (κ1) is 29.7. The summed E-state index contributed by atoms with van der Waals surface area (Å²) in [6.45, 7) is 0. The van der Waals surface area contributed by atoms with E-state index < -0.39 is 6.04 Å². The van der Waals surface area contributed by atoms with Crippen LogP contribution in [0, 0.1) is 5.82 Å². The molecular weight excluding hydrogens is 537 g/mol. The molecule has 4 heterocycles. The van der Waals surface area contributed by atoms with Gasteiger partial charge in [0.05, 0.1) is 17.4 Å². The van der Waals surface area contributed by atoms with Crippen molar-refractivity contribution < 1.29 is 9.18 Å². The average molecular weight is 572 g/mol. The van der Waals surface area contributed by atoms with E-state index in [-0.39, 0.29) is 11.7 Å². The first-order chi connectivity index (χ1) is 20.2. The van der Waals surface area contributed by atoms with Crippen molar-refractivity contribution in [1.29, 1.82) is 0 Å². The minimum atomic E-state index is -0.759. The van der Waals surface area contributed by atoms with Gasteiger partial charge in [-0.2, -0.15) is 10.2 Å². The summed E-state index contributed by atoms with van der Waals surface area (Å²) in [5.74, 6) is 2.07. The number of benzene rings is 1. The van der Waals surface area contributed by atoms with E-state index >= 15 is 0 Å². The summed E-state index contributed by atoms with van der Waals surface area (Å²) >= 11 is 0. The number of aromatic nitrogens is 6. The summed E-state index contributed by atoms with van der Waals surface area (Å²) < 4.78 is 16.2. The van der Waals surface area contributed by atoms with Gasteiger partial charge in [0.15, 0.2) is 0 Å². The molecule has 5 rings (SSSR count). The fourth-order valence-electron chi connectivity index (χ4n) is 3.99. The zero-order valence-corrected chi connectivity index (χ0v) is 23.8. The van der Waals surface area contributed by atoms with Gasteiger partial charge < -0.3 is 27.4 Å². The van der Waals surface area contributed by atoms with Gasteiger partial charge >= 0.3 is 0 Å². The number of hydrogen-bond acceptors (Lipinski definition) is 9.